The molecule has 0 saturated carbocycles. The van der Waals surface area contributed by atoms with E-state index in [1.54, 1.807) is 6.20 Å². The molecule has 0 saturated heterocycles. The lowest BCUT2D eigenvalue weighted by atomic mass is 9.98. The maximum atomic E-state index is 5.80. The van der Waals surface area contributed by atoms with Crippen molar-refractivity contribution in [3.8, 4) is 11.3 Å². The highest BCUT2D eigenvalue weighted by Crippen LogP contribution is 2.26. The summed E-state index contributed by atoms with van der Waals surface area (Å²) in [4.78, 5) is 4.42. The number of aryl methyl sites for hydroxylation is 4. The first-order valence-electron chi connectivity index (χ1n) is 5.79. The van der Waals surface area contributed by atoms with Gasteiger partial charge < -0.3 is 5.73 Å². The predicted molar refractivity (Wildman–Crippen MR) is 73.0 cm³/mol. The van der Waals surface area contributed by atoms with Gasteiger partial charge in [0.1, 0.15) is 0 Å². The Balaban J connectivity index is 2.60. The van der Waals surface area contributed by atoms with Gasteiger partial charge in [0.05, 0.1) is 17.6 Å². The lowest BCUT2D eigenvalue weighted by Crippen LogP contribution is -1.95. The van der Waals surface area contributed by atoms with Crippen molar-refractivity contribution in [1.29, 1.82) is 0 Å². The van der Waals surface area contributed by atoms with E-state index in [-0.39, 0.29) is 0 Å². The Morgan fingerprint density at radius 3 is 2.12 bits per heavy atom. The summed E-state index contributed by atoms with van der Waals surface area (Å²) in [5.41, 5.74) is 13.7. The van der Waals surface area contributed by atoms with Crippen LogP contribution in [-0.2, 0) is 0 Å². The van der Waals surface area contributed by atoms with Gasteiger partial charge >= 0.3 is 0 Å². The minimum atomic E-state index is 0.746. The number of hydrogen-bond acceptors (Lipinski definition) is 2. The highest BCUT2D eigenvalue weighted by molar-refractivity contribution is 5.67. The van der Waals surface area contributed by atoms with Crippen LogP contribution in [0.1, 0.15) is 22.3 Å². The molecule has 0 radical (unpaired) electrons. The number of benzene rings is 1. The molecule has 0 unspecified atom stereocenters. The molecule has 88 valence electrons. The molecule has 2 rings (SSSR count). The van der Waals surface area contributed by atoms with E-state index in [1.807, 2.05) is 13.0 Å². The Morgan fingerprint density at radius 2 is 1.47 bits per heavy atom. The van der Waals surface area contributed by atoms with Crippen molar-refractivity contribution in [3.05, 3.63) is 46.6 Å². The topological polar surface area (TPSA) is 38.9 Å². The van der Waals surface area contributed by atoms with Gasteiger partial charge in [-0.1, -0.05) is 6.07 Å². The van der Waals surface area contributed by atoms with Crippen LogP contribution in [0.15, 0.2) is 24.4 Å². The van der Waals surface area contributed by atoms with Crippen molar-refractivity contribution in [2.45, 2.75) is 27.7 Å². The number of aromatic nitrogens is 1. The van der Waals surface area contributed by atoms with Gasteiger partial charge in [-0.3, -0.25) is 4.98 Å². The number of anilines is 1. The molecule has 0 atom stereocenters. The van der Waals surface area contributed by atoms with E-state index in [2.05, 4.69) is 37.9 Å². The maximum absolute atomic E-state index is 5.80. The van der Waals surface area contributed by atoms with Gasteiger partial charge in [-0.15, -0.1) is 0 Å². The van der Waals surface area contributed by atoms with Crippen LogP contribution in [0.5, 0.6) is 0 Å². The molecule has 0 spiro atoms. The van der Waals surface area contributed by atoms with Crippen LogP contribution in [-0.4, -0.2) is 4.98 Å². The van der Waals surface area contributed by atoms with Crippen molar-refractivity contribution in [3.63, 3.8) is 0 Å². The van der Waals surface area contributed by atoms with E-state index in [0.29, 0.717) is 0 Å². The molecule has 0 bridgehead atoms. The van der Waals surface area contributed by atoms with Crippen LogP contribution < -0.4 is 5.73 Å². The van der Waals surface area contributed by atoms with E-state index in [9.17, 15) is 0 Å². The third-order valence-electron chi connectivity index (χ3n) is 3.27. The SMILES string of the molecule is Cc1cc(C)c(-c2cc(C)c(N)cn2)cc1C. The standard InChI is InChI=1S/C15H18N2/c1-9-5-11(3)13(6-10(9)2)15-7-12(4)14(16)8-17-15/h5-8H,16H2,1-4H3. The molecule has 1 heterocycles. The van der Waals surface area contributed by atoms with Gasteiger partial charge in [0.25, 0.3) is 0 Å². The van der Waals surface area contributed by atoms with Gasteiger partial charge in [0, 0.05) is 5.56 Å². The van der Waals surface area contributed by atoms with Crippen LogP contribution in [0.25, 0.3) is 11.3 Å². The van der Waals surface area contributed by atoms with Crippen LogP contribution in [0.2, 0.25) is 0 Å². The molecule has 0 aliphatic carbocycles. The molecule has 1 aromatic carbocycles. The third-order valence-corrected chi connectivity index (χ3v) is 3.27. The average molecular weight is 226 g/mol. The molecule has 1 aromatic heterocycles. The highest BCUT2D eigenvalue weighted by atomic mass is 14.7. The first-order chi connectivity index (χ1) is 7.99. The van der Waals surface area contributed by atoms with Crippen molar-refractivity contribution in [2.24, 2.45) is 0 Å². The smallest absolute Gasteiger partial charge is 0.0709 e. The molecule has 0 amide bonds. The minimum absolute atomic E-state index is 0.746. The highest BCUT2D eigenvalue weighted by Gasteiger charge is 2.07. The molecule has 0 aliphatic rings. The van der Waals surface area contributed by atoms with Gasteiger partial charge in [-0.25, -0.2) is 0 Å². The summed E-state index contributed by atoms with van der Waals surface area (Å²) in [5.74, 6) is 0. The zero-order valence-corrected chi connectivity index (χ0v) is 10.8. The fourth-order valence-corrected chi connectivity index (χ4v) is 1.95. The van der Waals surface area contributed by atoms with Crippen molar-refractivity contribution >= 4 is 5.69 Å². The minimum Gasteiger partial charge on any atom is -0.397 e. The molecule has 0 fully saturated rings. The van der Waals surface area contributed by atoms with Crippen molar-refractivity contribution in [2.75, 3.05) is 5.73 Å². The van der Waals surface area contributed by atoms with Crippen LogP contribution in [0, 0.1) is 27.7 Å². The van der Waals surface area contributed by atoms with Crippen LogP contribution >= 0.6 is 0 Å². The molecule has 2 aromatic rings. The average Bonchev–Trinajstić information content (AvgIpc) is 2.27. The predicted octanol–water partition coefficient (Wildman–Crippen LogP) is 3.56. The number of nitrogen functional groups attached to an aromatic ring is 1. The van der Waals surface area contributed by atoms with E-state index in [1.165, 1.54) is 22.3 Å². The quantitative estimate of drug-likeness (QED) is 0.807. The maximum Gasteiger partial charge on any atom is 0.0709 e. The summed E-state index contributed by atoms with van der Waals surface area (Å²) in [6, 6.07) is 6.45. The summed E-state index contributed by atoms with van der Waals surface area (Å²) in [7, 11) is 0. The Hall–Kier alpha value is -1.83. The first kappa shape index (κ1) is 11.6. The fraction of sp³-hybridized carbons (Fsp3) is 0.267. The van der Waals surface area contributed by atoms with Gasteiger partial charge in [-0.05, 0) is 62.1 Å². The zero-order chi connectivity index (χ0) is 12.6. The van der Waals surface area contributed by atoms with Gasteiger partial charge in [0.2, 0.25) is 0 Å². The fourth-order valence-electron chi connectivity index (χ4n) is 1.95. The molecule has 2 N–H and O–H groups in total. The zero-order valence-electron chi connectivity index (χ0n) is 10.8. The summed E-state index contributed by atoms with van der Waals surface area (Å²) in [6.45, 7) is 8.39. The second-order valence-corrected chi connectivity index (χ2v) is 4.68. The number of nitrogens with zero attached hydrogens (tertiary/aromatic N) is 1. The van der Waals surface area contributed by atoms with Crippen molar-refractivity contribution in [1.82, 2.24) is 4.98 Å². The summed E-state index contributed by atoms with van der Waals surface area (Å²) >= 11 is 0. The number of nitrogens with two attached hydrogens (primary N) is 1. The van der Waals surface area contributed by atoms with Gasteiger partial charge in [-0.2, -0.15) is 0 Å². The van der Waals surface area contributed by atoms with E-state index in [4.69, 9.17) is 5.73 Å². The Kier molecular flexibility index (Phi) is 2.88. The van der Waals surface area contributed by atoms with Crippen molar-refractivity contribution < 1.29 is 0 Å². The van der Waals surface area contributed by atoms with Crippen LogP contribution in [0.4, 0.5) is 5.69 Å². The molecule has 2 heteroatoms. The second-order valence-electron chi connectivity index (χ2n) is 4.68. The Bertz CT molecular complexity index is 571. The molecule has 2 nitrogen and oxygen atoms in total. The second kappa shape index (κ2) is 4.21. The summed E-state index contributed by atoms with van der Waals surface area (Å²) < 4.78 is 0. The normalized spacial score (nSPS) is 10.6. The molecular formula is C15H18N2. The van der Waals surface area contributed by atoms with E-state index in [0.717, 1.165) is 16.9 Å². The summed E-state index contributed by atoms with van der Waals surface area (Å²) in [5, 5.41) is 0. The Morgan fingerprint density at radius 1 is 0.824 bits per heavy atom. The lowest BCUT2D eigenvalue weighted by molar-refractivity contribution is 1.25. The first-order valence-corrected chi connectivity index (χ1v) is 5.79. The summed E-state index contributed by atoms with van der Waals surface area (Å²) in [6.07, 6.45) is 1.74. The lowest BCUT2D eigenvalue weighted by Gasteiger charge is -2.10. The van der Waals surface area contributed by atoms with Crippen LogP contribution in [0.3, 0.4) is 0 Å². The molecule has 17 heavy (non-hydrogen) atoms. The third kappa shape index (κ3) is 2.16. The van der Waals surface area contributed by atoms with E-state index >= 15 is 0 Å². The monoisotopic (exact) mass is 226 g/mol. The Labute approximate surface area is 103 Å². The van der Waals surface area contributed by atoms with Gasteiger partial charge in [0.15, 0.2) is 0 Å². The molecular weight excluding hydrogens is 208 g/mol. The number of rotatable bonds is 1. The molecule has 0 aliphatic heterocycles. The number of hydrogen-bond donors (Lipinski definition) is 1. The number of pyridine rings is 1. The largest absolute Gasteiger partial charge is 0.397 e. The van der Waals surface area contributed by atoms with E-state index < -0.39 is 0 Å².